The van der Waals surface area contributed by atoms with Gasteiger partial charge in [-0.3, -0.25) is 0 Å². The number of pyridine rings is 1. The van der Waals surface area contributed by atoms with Crippen LogP contribution in [0.3, 0.4) is 0 Å². The number of nitrogens with two attached hydrogens (primary N) is 1. The maximum atomic E-state index is 6.21. The van der Waals surface area contributed by atoms with E-state index in [1.807, 2.05) is 24.3 Å². The van der Waals surface area contributed by atoms with Crippen LogP contribution in [0.2, 0.25) is 10.0 Å². The van der Waals surface area contributed by atoms with Crippen molar-refractivity contribution in [3.05, 3.63) is 46.6 Å². The predicted molar refractivity (Wildman–Crippen MR) is 72.9 cm³/mol. The number of halogens is 2. The molecule has 4 nitrogen and oxygen atoms in total. The van der Waals surface area contributed by atoms with Crippen LogP contribution in [-0.4, -0.2) is 14.6 Å². The number of aromatic nitrogens is 3. The molecular formula is C12H8Cl2N4. The van der Waals surface area contributed by atoms with E-state index >= 15 is 0 Å². The van der Waals surface area contributed by atoms with Crippen molar-refractivity contribution in [2.24, 2.45) is 0 Å². The fraction of sp³-hybridized carbons (Fsp3) is 0. The summed E-state index contributed by atoms with van der Waals surface area (Å²) in [6, 6.07) is 9.22. The summed E-state index contributed by atoms with van der Waals surface area (Å²) in [6.45, 7) is 0. The van der Waals surface area contributed by atoms with Gasteiger partial charge in [0.25, 0.3) is 0 Å². The lowest BCUT2D eigenvalue weighted by Crippen LogP contribution is -1.90. The van der Waals surface area contributed by atoms with E-state index < -0.39 is 0 Å². The second kappa shape index (κ2) is 4.15. The van der Waals surface area contributed by atoms with Gasteiger partial charge in [-0.2, -0.15) is 4.98 Å². The minimum Gasteiger partial charge on any atom is -0.366 e. The molecule has 18 heavy (non-hydrogen) atoms. The number of nitrogen functional groups attached to an aromatic ring is 1. The third-order valence-corrected chi connectivity index (χ3v) is 3.44. The van der Waals surface area contributed by atoms with Gasteiger partial charge < -0.3 is 5.73 Å². The van der Waals surface area contributed by atoms with Gasteiger partial charge >= 0.3 is 0 Å². The maximum Gasteiger partial charge on any atom is 0.240 e. The zero-order valence-corrected chi connectivity index (χ0v) is 10.7. The molecule has 3 rings (SSSR count). The molecule has 0 aliphatic carbocycles. The third-order valence-electron chi connectivity index (χ3n) is 2.62. The molecule has 3 aromatic rings. The summed E-state index contributed by atoms with van der Waals surface area (Å²) in [5.74, 6) is 0.223. The van der Waals surface area contributed by atoms with Crippen LogP contribution < -0.4 is 5.73 Å². The standard InChI is InChI=1S/C12H8Cl2N4/c13-9-5-1-3-7(10(9)14)8-4-2-6-18-11(8)16-12(15)17-18/h1-6H,(H2,15,17). The first-order chi connectivity index (χ1) is 8.66. The highest BCUT2D eigenvalue weighted by Crippen LogP contribution is 2.34. The molecule has 1 aromatic carbocycles. The van der Waals surface area contributed by atoms with Gasteiger partial charge in [-0.25, -0.2) is 4.52 Å². The third kappa shape index (κ3) is 1.70. The van der Waals surface area contributed by atoms with Crippen LogP contribution in [0.1, 0.15) is 0 Å². The molecule has 0 saturated heterocycles. The minimum atomic E-state index is 0.223. The highest BCUT2D eigenvalue weighted by Gasteiger charge is 2.12. The summed E-state index contributed by atoms with van der Waals surface area (Å²) >= 11 is 12.2. The first-order valence-corrected chi connectivity index (χ1v) is 5.97. The molecule has 0 fully saturated rings. The van der Waals surface area contributed by atoms with E-state index in [9.17, 15) is 0 Å². The normalized spacial score (nSPS) is 11.0. The molecule has 0 aliphatic heterocycles. The van der Waals surface area contributed by atoms with E-state index in [4.69, 9.17) is 28.9 Å². The van der Waals surface area contributed by atoms with Crippen LogP contribution in [-0.2, 0) is 0 Å². The summed E-state index contributed by atoms with van der Waals surface area (Å²) in [5.41, 5.74) is 7.90. The SMILES string of the molecule is Nc1nc2c(-c3cccc(Cl)c3Cl)cccn2n1. The average Bonchev–Trinajstić information content (AvgIpc) is 2.73. The van der Waals surface area contributed by atoms with Crippen molar-refractivity contribution in [3.8, 4) is 11.1 Å². The van der Waals surface area contributed by atoms with Crippen LogP contribution in [0.4, 0.5) is 5.95 Å². The Morgan fingerprint density at radius 3 is 2.67 bits per heavy atom. The Morgan fingerprint density at radius 2 is 1.83 bits per heavy atom. The maximum absolute atomic E-state index is 6.21. The monoisotopic (exact) mass is 278 g/mol. The number of rotatable bonds is 1. The van der Waals surface area contributed by atoms with Gasteiger partial charge in [-0.15, -0.1) is 5.10 Å². The van der Waals surface area contributed by atoms with Crippen LogP contribution in [0.15, 0.2) is 36.5 Å². The van der Waals surface area contributed by atoms with Gasteiger partial charge in [0.2, 0.25) is 5.95 Å². The van der Waals surface area contributed by atoms with E-state index in [1.54, 1.807) is 16.8 Å². The van der Waals surface area contributed by atoms with Crippen LogP contribution >= 0.6 is 23.2 Å². The molecule has 0 unspecified atom stereocenters. The molecule has 0 radical (unpaired) electrons. The Hall–Kier alpha value is -1.78. The van der Waals surface area contributed by atoms with Gasteiger partial charge in [-0.1, -0.05) is 35.3 Å². The fourth-order valence-corrected chi connectivity index (χ4v) is 2.25. The molecule has 2 heterocycles. The van der Waals surface area contributed by atoms with Gasteiger partial charge in [0, 0.05) is 17.3 Å². The summed E-state index contributed by atoms with van der Waals surface area (Å²) in [6.07, 6.45) is 1.78. The summed E-state index contributed by atoms with van der Waals surface area (Å²) < 4.78 is 1.61. The largest absolute Gasteiger partial charge is 0.366 e. The quantitative estimate of drug-likeness (QED) is 0.743. The lowest BCUT2D eigenvalue weighted by Gasteiger charge is -2.06. The Kier molecular flexibility index (Phi) is 2.61. The van der Waals surface area contributed by atoms with Crippen molar-refractivity contribution in [1.29, 1.82) is 0 Å². The van der Waals surface area contributed by atoms with E-state index in [0.717, 1.165) is 11.1 Å². The molecule has 0 bridgehead atoms. The van der Waals surface area contributed by atoms with Gasteiger partial charge in [0.05, 0.1) is 10.0 Å². The Balaban J connectivity index is 2.34. The number of hydrogen-bond donors (Lipinski definition) is 1. The van der Waals surface area contributed by atoms with E-state index in [2.05, 4.69) is 10.1 Å². The van der Waals surface area contributed by atoms with E-state index in [0.29, 0.717) is 15.7 Å². The van der Waals surface area contributed by atoms with Crippen LogP contribution in [0.5, 0.6) is 0 Å². The Morgan fingerprint density at radius 1 is 1.06 bits per heavy atom. The summed E-state index contributed by atoms with van der Waals surface area (Å²) in [5, 5.41) is 5.06. The van der Waals surface area contributed by atoms with E-state index in [1.165, 1.54) is 0 Å². The van der Waals surface area contributed by atoms with Crippen molar-refractivity contribution >= 4 is 34.8 Å². The molecule has 0 amide bonds. The molecule has 0 aliphatic rings. The van der Waals surface area contributed by atoms with Gasteiger partial charge in [0.1, 0.15) is 0 Å². The smallest absolute Gasteiger partial charge is 0.240 e. The zero-order chi connectivity index (χ0) is 12.7. The zero-order valence-electron chi connectivity index (χ0n) is 9.14. The molecule has 6 heteroatoms. The fourth-order valence-electron chi connectivity index (χ4n) is 1.84. The van der Waals surface area contributed by atoms with Crippen molar-refractivity contribution in [3.63, 3.8) is 0 Å². The van der Waals surface area contributed by atoms with Crippen LogP contribution in [0.25, 0.3) is 16.8 Å². The van der Waals surface area contributed by atoms with Gasteiger partial charge in [0.15, 0.2) is 5.65 Å². The second-order valence-electron chi connectivity index (χ2n) is 3.76. The first-order valence-electron chi connectivity index (χ1n) is 5.22. The number of anilines is 1. The molecule has 0 saturated carbocycles. The molecular weight excluding hydrogens is 271 g/mol. The Labute approximate surface area is 113 Å². The van der Waals surface area contributed by atoms with Crippen molar-refractivity contribution in [2.75, 3.05) is 5.73 Å². The lowest BCUT2D eigenvalue weighted by molar-refractivity contribution is 0.969. The highest BCUT2D eigenvalue weighted by atomic mass is 35.5. The number of hydrogen-bond acceptors (Lipinski definition) is 3. The molecule has 2 aromatic heterocycles. The number of nitrogens with zero attached hydrogens (tertiary/aromatic N) is 3. The lowest BCUT2D eigenvalue weighted by atomic mass is 10.1. The summed E-state index contributed by atoms with van der Waals surface area (Å²) in [4.78, 5) is 4.19. The second-order valence-corrected chi connectivity index (χ2v) is 4.55. The summed E-state index contributed by atoms with van der Waals surface area (Å²) in [7, 11) is 0. The average molecular weight is 279 g/mol. The molecule has 0 spiro atoms. The molecule has 90 valence electrons. The molecule has 0 atom stereocenters. The Bertz CT molecular complexity index is 736. The minimum absolute atomic E-state index is 0.223. The van der Waals surface area contributed by atoms with Crippen molar-refractivity contribution in [2.45, 2.75) is 0 Å². The predicted octanol–water partition coefficient (Wildman–Crippen LogP) is 3.29. The topological polar surface area (TPSA) is 56.2 Å². The van der Waals surface area contributed by atoms with Crippen molar-refractivity contribution < 1.29 is 0 Å². The first kappa shape index (κ1) is 11.3. The van der Waals surface area contributed by atoms with Gasteiger partial charge in [-0.05, 0) is 18.2 Å². The van der Waals surface area contributed by atoms with Crippen LogP contribution in [0, 0.1) is 0 Å². The number of benzene rings is 1. The van der Waals surface area contributed by atoms with Crippen molar-refractivity contribution in [1.82, 2.24) is 14.6 Å². The van der Waals surface area contributed by atoms with E-state index in [-0.39, 0.29) is 5.95 Å². The highest BCUT2D eigenvalue weighted by molar-refractivity contribution is 6.43. The molecule has 2 N–H and O–H groups in total. The number of fused-ring (bicyclic) bond motifs is 1.